The third-order valence-corrected chi connectivity index (χ3v) is 7.05. The monoisotopic (exact) mass is 503 g/mol. The van der Waals surface area contributed by atoms with E-state index in [9.17, 15) is 4.79 Å². The number of nitrogens with zero attached hydrogens (tertiary/aromatic N) is 6. The van der Waals surface area contributed by atoms with Gasteiger partial charge in [0.05, 0.1) is 23.1 Å². The highest BCUT2D eigenvalue weighted by atomic mass is 32.2. The number of nitrogen functional groups attached to an aromatic ring is 1. The minimum atomic E-state index is -0.219. The van der Waals surface area contributed by atoms with Gasteiger partial charge in [0.2, 0.25) is 5.95 Å². The van der Waals surface area contributed by atoms with Crippen molar-refractivity contribution < 1.29 is 0 Å². The molecule has 0 saturated heterocycles. The van der Waals surface area contributed by atoms with E-state index in [1.807, 2.05) is 45.0 Å². The lowest BCUT2D eigenvalue weighted by molar-refractivity contribution is 0.526. The fourth-order valence-electron chi connectivity index (χ4n) is 4.25. The predicted molar refractivity (Wildman–Crippen MR) is 143 cm³/mol. The van der Waals surface area contributed by atoms with Crippen LogP contribution in [0.2, 0.25) is 0 Å². The van der Waals surface area contributed by atoms with E-state index in [2.05, 4.69) is 25.3 Å². The van der Waals surface area contributed by atoms with Crippen LogP contribution in [0.1, 0.15) is 62.0 Å². The van der Waals surface area contributed by atoms with Gasteiger partial charge < -0.3 is 11.1 Å². The molecule has 1 aliphatic carbocycles. The molecule has 36 heavy (non-hydrogen) atoms. The van der Waals surface area contributed by atoms with Gasteiger partial charge in [-0.2, -0.15) is 0 Å². The van der Waals surface area contributed by atoms with E-state index in [-0.39, 0.29) is 23.4 Å². The van der Waals surface area contributed by atoms with Crippen molar-refractivity contribution in [3.05, 3.63) is 57.8 Å². The second kappa shape index (κ2) is 9.82. The van der Waals surface area contributed by atoms with Gasteiger partial charge in [-0.15, -0.1) is 0 Å². The summed E-state index contributed by atoms with van der Waals surface area (Å²) >= 11 is 1.20. The number of rotatable bonds is 8. The first-order chi connectivity index (χ1) is 17.4. The first-order valence-electron chi connectivity index (χ1n) is 12.0. The van der Waals surface area contributed by atoms with Crippen molar-refractivity contribution in [2.75, 3.05) is 11.1 Å². The number of fused-ring (bicyclic) bond motifs is 1. The summed E-state index contributed by atoms with van der Waals surface area (Å²) in [6, 6.07) is 7.75. The first-order valence-corrected chi connectivity index (χ1v) is 12.9. The molecule has 5 rings (SSSR count). The number of aromatic nitrogens is 6. The summed E-state index contributed by atoms with van der Waals surface area (Å²) in [6.45, 7) is 6.38. The van der Waals surface area contributed by atoms with Crippen molar-refractivity contribution in [1.29, 1.82) is 0 Å². The van der Waals surface area contributed by atoms with Crippen LogP contribution in [0, 0.1) is 6.92 Å². The molecule has 10 nitrogen and oxygen atoms in total. The number of benzene rings is 1. The molecule has 0 amide bonds. The molecule has 4 aromatic rings. The summed E-state index contributed by atoms with van der Waals surface area (Å²) in [5, 5.41) is 8.81. The fourth-order valence-corrected chi connectivity index (χ4v) is 4.54. The van der Waals surface area contributed by atoms with E-state index < -0.39 is 0 Å². The lowest BCUT2D eigenvalue weighted by atomic mass is 10.1. The van der Waals surface area contributed by atoms with E-state index in [1.165, 1.54) is 11.9 Å². The standard InChI is InChI=1S/C25H29N9OS/c1-4-13(2)34-23-18(31-22(24(34)35)28-11-15-5-9-17(36-27)10-6-15)12-29-21(33-23)19-14(3)30-25(26)32-20(19)16-7-8-16/h5-6,9-10,12-13,16H,4,7-8,11,27H2,1-3H3,(H,28,31)(H2,26,30,32)/t13-/m1/s1. The second-order valence-corrected chi connectivity index (χ2v) is 9.82. The lowest BCUT2D eigenvalue weighted by Gasteiger charge is -2.18. The molecule has 1 aromatic carbocycles. The van der Waals surface area contributed by atoms with Gasteiger partial charge in [0.15, 0.2) is 17.3 Å². The van der Waals surface area contributed by atoms with Gasteiger partial charge >= 0.3 is 0 Å². The SMILES string of the molecule is CC[C@@H](C)n1c(=O)c(NCc2ccc(SN)cc2)nc2cnc(-c3c(C)nc(N)nc3C3CC3)nc21. The Labute approximate surface area is 213 Å². The number of aryl methyl sites for hydroxylation is 1. The Kier molecular flexibility index (Phi) is 6.59. The van der Waals surface area contributed by atoms with Crippen molar-refractivity contribution in [2.24, 2.45) is 5.14 Å². The molecular formula is C25H29N9OS. The average molecular weight is 504 g/mol. The number of hydrogen-bond acceptors (Lipinski definition) is 10. The van der Waals surface area contributed by atoms with Gasteiger partial charge in [-0.3, -0.25) is 14.5 Å². The normalized spacial score (nSPS) is 14.2. The Balaban J connectivity index is 1.58. The molecule has 1 atom stereocenters. The van der Waals surface area contributed by atoms with Crippen molar-refractivity contribution in [3.8, 4) is 11.4 Å². The zero-order chi connectivity index (χ0) is 25.4. The largest absolute Gasteiger partial charge is 0.368 e. The maximum Gasteiger partial charge on any atom is 0.295 e. The zero-order valence-electron chi connectivity index (χ0n) is 20.5. The molecule has 1 fully saturated rings. The molecule has 0 aliphatic heterocycles. The maximum atomic E-state index is 13.6. The predicted octanol–water partition coefficient (Wildman–Crippen LogP) is 3.96. The van der Waals surface area contributed by atoms with E-state index in [4.69, 9.17) is 15.9 Å². The molecule has 0 bridgehead atoms. The summed E-state index contributed by atoms with van der Waals surface area (Å²) < 4.78 is 1.70. The summed E-state index contributed by atoms with van der Waals surface area (Å²) in [6.07, 6.45) is 4.53. The van der Waals surface area contributed by atoms with Crippen molar-refractivity contribution in [3.63, 3.8) is 0 Å². The molecule has 186 valence electrons. The maximum absolute atomic E-state index is 13.6. The summed E-state index contributed by atoms with van der Waals surface area (Å²) in [7, 11) is 0. The van der Waals surface area contributed by atoms with Crippen LogP contribution in [0.25, 0.3) is 22.6 Å². The number of anilines is 2. The van der Waals surface area contributed by atoms with Gasteiger partial charge in [-0.1, -0.05) is 19.1 Å². The third-order valence-electron chi connectivity index (χ3n) is 6.51. The van der Waals surface area contributed by atoms with Crippen LogP contribution in [0.15, 0.2) is 40.2 Å². The molecule has 0 radical (unpaired) electrons. The Morgan fingerprint density at radius 3 is 2.58 bits per heavy atom. The van der Waals surface area contributed by atoms with Crippen LogP contribution >= 0.6 is 11.9 Å². The fraction of sp³-hybridized carbons (Fsp3) is 0.360. The topological polar surface area (TPSA) is 151 Å². The lowest BCUT2D eigenvalue weighted by Crippen LogP contribution is -2.28. The molecular weight excluding hydrogens is 474 g/mol. The summed E-state index contributed by atoms with van der Waals surface area (Å²) in [5.74, 6) is 1.34. The number of nitrogens with two attached hydrogens (primary N) is 2. The van der Waals surface area contributed by atoms with Crippen molar-refractivity contribution >= 4 is 34.9 Å². The van der Waals surface area contributed by atoms with Crippen molar-refractivity contribution in [1.82, 2.24) is 29.5 Å². The van der Waals surface area contributed by atoms with E-state index in [0.29, 0.717) is 29.5 Å². The third kappa shape index (κ3) is 4.63. The molecule has 1 aliphatic rings. The van der Waals surface area contributed by atoms with Crippen LogP contribution in [-0.4, -0.2) is 29.5 Å². The smallest absolute Gasteiger partial charge is 0.295 e. The first kappa shape index (κ1) is 24.1. The Bertz CT molecular complexity index is 1480. The number of nitrogens with one attached hydrogen (secondary N) is 1. The molecule has 11 heteroatoms. The Morgan fingerprint density at radius 2 is 1.92 bits per heavy atom. The highest BCUT2D eigenvalue weighted by Crippen LogP contribution is 2.43. The molecule has 0 unspecified atom stereocenters. The molecule has 3 heterocycles. The van der Waals surface area contributed by atoms with Crippen LogP contribution in [-0.2, 0) is 6.54 Å². The van der Waals surface area contributed by atoms with Crippen molar-refractivity contribution in [2.45, 2.75) is 63.4 Å². The van der Waals surface area contributed by atoms with Crippen LogP contribution in [0.4, 0.5) is 11.8 Å². The average Bonchev–Trinajstić information content (AvgIpc) is 3.72. The molecule has 0 spiro atoms. The molecule has 1 saturated carbocycles. The van der Waals surface area contributed by atoms with E-state index in [1.54, 1.807) is 10.8 Å². The highest BCUT2D eigenvalue weighted by Gasteiger charge is 2.31. The van der Waals surface area contributed by atoms with Crippen LogP contribution < -0.4 is 21.7 Å². The van der Waals surface area contributed by atoms with E-state index in [0.717, 1.165) is 46.7 Å². The minimum absolute atomic E-state index is 0.0844. The summed E-state index contributed by atoms with van der Waals surface area (Å²) in [5.41, 5.74) is 10.2. The Hall–Kier alpha value is -3.57. The molecule has 5 N–H and O–H groups in total. The quantitative estimate of drug-likeness (QED) is 0.301. The molecule has 3 aromatic heterocycles. The van der Waals surface area contributed by atoms with Gasteiger partial charge in [0.1, 0.15) is 5.52 Å². The van der Waals surface area contributed by atoms with E-state index >= 15 is 0 Å². The zero-order valence-corrected chi connectivity index (χ0v) is 21.3. The van der Waals surface area contributed by atoms with Gasteiger partial charge in [0.25, 0.3) is 5.56 Å². The highest BCUT2D eigenvalue weighted by molar-refractivity contribution is 7.97. The van der Waals surface area contributed by atoms with Crippen LogP contribution in [0.5, 0.6) is 0 Å². The summed E-state index contributed by atoms with van der Waals surface area (Å²) in [4.78, 5) is 37.5. The minimum Gasteiger partial charge on any atom is -0.368 e. The van der Waals surface area contributed by atoms with Gasteiger partial charge in [0, 0.05) is 23.4 Å². The van der Waals surface area contributed by atoms with Gasteiger partial charge in [-0.25, -0.2) is 24.9 Å². The Morgan fingerprint density at radius 1 is 1.17 bits per heavy atom. The number of hydrogen-bond donors (Lipinski definition) is 3. The van der Waals surface area contributed by atoms with Crippen LogP contribution in [0.3, 0.4) is 0 Å². The second-order valence-electron chi connectivity index (χ2n) is 9.11. The van der Waals surface area contributed by atoms with Gasteiger partial charge in [-0.05, 0) is 62.8 Å².